The molecule has 0 bridgehead atoms. The Bertz CT molecular complexity index is 1570. The fraction of sp³-hybridized carbons (Fsp3) is 0.706. The third kappa shape index (κ3) is 8.67. The minimum atomic E-state index is -1.25. The Morgan fingerprint density at radius 2 is 1.81 bits per heavy atom. The topological polar surface area (TPSA) is 115 Å². The van der Waals surface area contributed by atoms with Gasteiger partial charge in [-0.05, 0) is 90.5 Å². The van der Waals surface area contributed by atoms with Gasteiger partial charge in [0.2, 0.25) is 5.95 Å². The molecule has 48 heavy (non-hydrogen) atoms. The largest absolute Gasteiger partial charge is 0.444 e. The quantitative estimate of drug-likeness (QED) is 0.171. The van der Waals surface area contributed by atoms with Crippen LogP contribution in [-0.2, 0) is 16.2 Å². The summed E-state index contributed by atoms with van der Waals surface area (Å²) in [4.78, 5) is 26.9. The first kappa shape index (κ1) is 34.6. The number of hydrogen-bond acceptors (Lipinski definition) is 9. The van der Waals surface area contributed by atoms with E-state index in [1.165, 1.54) is 0 Å². The van der Waals surface area contributed by atoms with E-state index >= 15 is 4.39 Å². The van der Waals surface area contributed by atoms with Crippen molar-refractivity contribution in [3.05, 3.63) is 24.2 Å². The number of amides is 1. The Balaban J connectivity index is 1.31. The summed E-state index contributed by atoms with van der Waals surface area (Å²) in [6.45, 7) is 16.2. The number of ether oxygens (including phenoxy) is 2. The molecule has 2 atom stereocenters. The Morgan fingerprint density at radius 1 is 1.06 bits per heavy atom. The normalized spacial score (nSPS) is 21.5. The number of halogens is 1. The van der Waals surface area contributed by atoms with Crippen LogP contribution in [0.25, 0.3) is 11.0 Å². The lowest BCUT2D eigenvalue weighted by atomic mass is 10.0. The molecule has 5 heterocycles. The molecule has 264 valence electrons. The van der Waals surface area contributed by atoms with Crippen LogP contribution >= 0.6 is 0 Å². The van der Waals surface area contributed by atoms with Crippen molar-refractivity contribution in [3.8, 4) is 0 Å². The Kier molecular flexibility index (Phi) is 10.1. The average molecular weight is 684 g/mol. The highest BCUT2D eigenvalue weighted by molar-refractivity contribution is 6.76. The molecule has 2 saturated heterocycles. The number of carbonyl (C=O) groups excluding carboxylic acids is 1. The van der Waals surface area contributed by atoms with Crippen LogP contribution in [0, 0.1) is 0 Å². The molecule has 0 spiro atoms. The number of fused-ring (bicyclic) bond motifs is 1. The molecule has 0 aromatic carbocycles. The summed E-state index contributed by atoms with van der Waals surface area (Å²) in [5, 5.41) is 12.4. The maximum absolute atomic E-state index is 15.6. The molecule has 0 unspecified atom stereocenters. The lowest BCUT2D eigenvalue weighted by Crippen LogP contribution is -2.52. The highest BCUT2D eigenvalue weighted by Gasteiger charge is 2.36. The summed E-state index contributed by atoms with van der Waals surface area (Å²) in [6.07, 6.45) is 8.87. The number of likely N-dealkylation sites (tertiary alicyclic amines) is 2. The van der Waals surface area contributed by atoms with Gasteiger partial charge < -0.3 is 34.5 Å². The molecule has 0 radical (unpaired) electrons. The van der Waals surface area contributed by atoms with E-state index in [-0.39, 0.29) is 13.0 Å². The van der Waals surface area contributed by atoms with E-state index in [9.17, 15) is 4.79 Å². The number of rotatable bonds is 11. The van der Waals surface area contributed by atoms with Gasteiger partial charge in [0.15, 0.2) is 0 Å². The summed E-state index contributed by atoms with van der Waals surface area (Å²) in [5.74, 6) is 1.36. The van der Waals surface area contributed by atoms with Crippen LogP contribution in [0.1, 0.15) is 70.4 Å². The summed E-state index contributed by atoms with van der Waals surface area (Å²) in [7, 11) is 0.905. The standard InChI is InChI=1S/C34H54FN9O3Si/c1-34(2,3)47-33(45)42-15-12-27(35)28(21-42)38-30-29-26(23-8-9-23)20-43(22-46-16-17-48(5,6)7)31(29)40-32(39-30)37-24-18-36-44(19-24)25-10-13-41(4)14-11-25/h18-20,23,25,27-28H,8-17,21-22H2,1-7H3,(H2,37,38,39,40)/t27-,28+/m1/s1. The summed E-state index contributed by atoms with van der Waals surface area (Å²) in [5.41, 5.74) is 2.05. The smallest absolute Gasteiger partial charge is 0.410 e. The Labute approximate surface area is 284 Å². The van der Waals surface area contributed by atoms with Crippen LogP contribution in [0.3, 0.4) is 0 Å². The monoisotopic (exact) mass is 683 g/mol. The van der Waals surface area contributed by atoms with Crippen LogP contribution in [-0.4, -0.2) is 106 Å². The van der Waals surface area contributed by atoms with E-state index in [4.69, 9.17) is 19.4 Å². The highest BCUT2D eigenvalue weighted by atomic mass is 28.3. The van der Waals surface area contributed by atoms with Crippen molar-refractivity contribution >= 4 is 42.7 Å². The predicted octanol–water partition coefficient (Wildman–Crippen LogP) is 6.59. The lowest BCUT2D eigenvalue weighted by Gasteiger charge is -2.36. The summed E-state index contributed by atoms with van der Waals surface area (Å²) < 4.78 is 31.5. The van der Waals surface area contributed by atoms with Crippen molar-refractivity contribution in [3.63, 3.8) is 0 Å². The molecule has 3 aromatic rings. The number of piperidine rings is 2. The van der Waals surface area contributed by atoms with Gasteiger partial charge in [0, 0.05) is 40.2 Å². The van der Waals surface area contributed by atoms with Gasteiger partial charge in [-0.3, -0.25) is 4.68 Å². The first-order valence-electron chi connectivity index (χ1n) is 17.6. The molecule has 3 aliphatic rings. The zero-order valence-electron chi connectivity index (χ0n) is 29.8. The Hall–Kier alpha value is -3.23. The molecule has 2 N–H and O–H groups in total. The number of anilines is 3. The number of hydrogen-bond donors (Lipinski definition) is 2. The van der Waals surface area contributed by atoms with Crippen molar-refractivity contribution in [1.29, 1.82) is 0 Å². The number of nitrogens with zero attached hydrogens (tertiary/aromatic N) is 7. The van der Waals surface area contributed by atoms with Crippen molar-refractivity contribution < 1.29 is 18.7 Å². The first-order chi connectivity index (χ1) is 22.7. The van der Waals surface area contributed by atoms with Crippen molar-refractivity contribution in [2.75, 3.05) is 50.5 Å². The van der Waals surface area contributed by atoms with Crippen molar-refractivity contribution in [2.45, 2.75) is 115 Å². The molecule has 2 aliphatic heterocycles. The second kappa shape index (κ2) is 13.9. The molecule has 1 amide bonds. The maximum atomic E-state index is 15.6. The van der Waals surface area contributed by atoms with E-state index < -0.39 is 32.0 Å². The first-order valence-corrected chi connectivity index (χ1v) is 21.3. The van der Waals surface area contributed by atoms with E-state index in [0.717, 1.165) is 67.1 Å². The average Bonchev–Trinajstić information content (AvgIpc) is 3.64. The van der Waals surface area contributed by atoms with Gasteiger partial charge in [-0.2, -0.15) is 15.1 Å². The van der Waals surface area contributed by atoms with Gasteiger partial charge in [-0.1, -0.05) is 19.6 Å². The fourth-order valence-corrected chi connectivity index (χ4v) is 7.20. The number of carbonyl (C=O) groups is 1. The fourth-order valence-electron chi connectivity index (χ4n) is 6.44. The van der Waals surface area contributed by atoms with Crippen molar-refractivity contribution in [2.24, 2.45) is 0 Å². The van der Waals surface area contributed by atoms with E-state index in [0.29, 0.717) is 43.6 Å². The molecule has 3 fully saturated rings. The third-order valence-corrected chi connectivity index (χ3v) is 11.1. The lowest BCUT2D eigenvalue weighted by molar-refractivity contribution is 0.0150. The molecule has 1 aliphatic carbocycles. The van der Waals surface area contributed by atoms with E-state index in [1.54, 1.807) is 4.90 Å². The number of aromatic nitrogens is 5. The molecular formula is C34H54FN9O3Si. The SMILES string of the molecule is CN1CCC(n2cc(Nc3nc(N[C@H]4CN(C(=O)OC(C)(C)C)CC[C@H]4F)c4c(C5CC5)cn(COCC[Si](C)(C)C)c4n3)cn2)CC1. The van der Waals surface area contributed by atoms with Gasteiger partial charge in [0.1, 0.15) is 30.0 Å². The third-order valence-electron chi connectivity index (χ3n) is 9.41. The van der Waals surface area contributed by atoms with Gasteiger partial charge >= 0.3 is 6.09 Å². The van der Waals surface area contributed by atoms with Crippen LogP contribution in [0.2, 0.25) is 25.7 Å². The van der Waals surface area contributed by atoms with Gasteiger partial charge in [0.05, 0.1) is 29.4 Å². The molecule has 14 heteroatoms. The van der Waals surface area contributed by atoms with Crippen LogP contribution in [0.4, 0.5) is 26.6 Å². The summed E-state index contributed by atoms with van der Waals surface area (Å²) >= 11 is 0. The molecule has 3 aromatic heterocycles. The highest BCUT2D eigenvalue weighted by Crippen LogP contribution is 2.46. The molecule has 6 rings (SSSR count). The van der Waals surface area contributed by atoms with Gasteiger partial charge in [-0.25, -0.2) is 9.18 Å². The second-order valence-electron chi connectivity index (χ2n) is 16.1. The van der Waals surface area contributed by atoms with Crippen LogP contribution < -0.4 is 10.6 Å². The van der Waals surface area contributed by atoms with Crippen LogP contribution in [0.5, 0.6) is 0 Å². The van der Waals surface area contributed by atoms with Crippen LogP contribution in [0.15, 0.2) is 18.6 Å². The zero-order valence-corrected chi connectivity index (χ0v) is 30.8. The van der Waals surface area contributed by atoms with E-state index in [2.05, 4.69) is 58.1 Å². The predicted molar refractivity (Wildman–Crippen MR) is 190 cm³/mol. The minimum absolute atomic E-state index is 0.174. The number of alkyl halides is 1. The van der Waals surface area contributed by atoms with E-state index in [1.807, 2.05) is 37.8 Å². The van der Waals surface area contributed by atoms with Gasteiger partial charge in [0.25, 0.3) is 0 Å². The maximum Gasteiger partial charge on any atom is 0.410 e. The Morgan fingerprint density at radius 3 is 2.50 bits per heavy atom. The van der Waals surface area contributed by atoms with Crippen molar-refractivity contribution in [1.82, 2.24) is 34.1 Å². The minimum Gasteiger partial charge on any atom is -0.444 e. The second-order valence-corrected chi connectivity index (χ2v) is 21.7. The van der Waals surface area contributed by atoms with Gasteiger partial charge in [-0.15, -0.1) is 0 Å². The summed E-state index contributed by atoms with van der Waals surface area (Å²) in [6, 6.07) is 0.767. The zero-order chi connectivity index (χ0) is 34.2. The molecular weight excluding hydrogens is 630 g/mol. The molecule has 1 saturated carbocycles. The molecule has 12 nitrogen and oxygen atoms in total. The number of nitrogens with one attached hydrogen (secondary N) is 2.